The van der Waals surface area contributed by atoms with Crippen LogP contribution in [0.5, 0.6) is 0 Å². The first-order valence-corrected chi connectivity index (χ1v) is 9.78. The summed E-state index contributed by atoms with van der Waals surface area (Å²) in [5.74, 6) is 0.522. The topological polar surface area (TPSA) is 53.1 Å². The van der Waals surface area contributed by atoms with Gasteiger partial charge in [0.1, 0.15) is 4.70 Å². The third-order valence-corrected chi connectivity index (χ3v) is 6.14. The van der Waals surface area contributed by atoms with Gasteiger partial charge < -0.3 is 10.1 Å². The van der Waals surface area contributed by atoms with Crippen molar-refractivity contribution in [2.75, 3.05) is 0 Å². The van der Waals surface area contributed by atoms with Crippen molar-refractivity contribution in [2.24, 2.45) is 0 Å². The Morgan fingerprint density at radius 1 is 1.12 bits per heavy atom. The van der Waals surface area contributed by atoms with E-state index in [9.17, 15) is 9.90 Å². The van der Waals surface area contributed by atoms with E-state index in [0.29, 0.717) is 5.92 Å². The van der Waals surface area contributed by atoms with Crippen LogP contribution in [0.2, 0.25) is 0 Å². The summed E-state index contributed by atoms with van der Waals surface area (Å²) in [4.78, 5) is 15.3. The van der Waals surface area contributed by atoms with Crippen molar-refractivity contribution in [1.82, 2.24) is 4.98 Å². The predicted molar refractivity (Wildman–Crippen MR) is 110 cm³/mol. The fraction of sp³-hybridized carbons (Fsp3) is 0.227. The van der Waals surface area contributed by atoms with E-state index in [2.05, 4.69) is 43.1 Å². The third kappa shape index (κ3) is 2.66. The number of aliphatic hydroxyl groups is 1. The van der Waals surface area contributed by atoms with Crippen molar-refractivity contribution in [3.05, 3.63) is 69.3 Å². The average Bonchev–Trinajstić information content (AvgIpc) is 3.17. The van der Waals surface area contributed by atoms with Gasteiger partial charge in [-0.1, -0.05) is 44.2 Å². The van der Waals surface area contributed by atoms with Gasteiger partial charge >= 0.3 is 0 Å². The second-order valence-electron chi connectivity index (χ2n) is 6.73. The smallest absolute Gasteiger partial charge is 0.266 e. The maximum absolute atomic E-state index is 12.3. The molecule has 0 aliphatic rings. The molecular weight excluding hydrogens is 342 g/mol. The van der Waals surface area contributed by atoms with Crippen LogP contribution in [0.3, 0.4) is 0 Å². The molecule has 2 aromatic heterocycles. The van der Waals surface area contributed by atoms with Gasteiger partial charge in [-0.15, -0.1) is 11.3 Å². The number of nitrogens with one attached hydrogen (secondary N) is 1. The number of aliphatic hydroxyl groups excluding tert-OH is 1. The summed E-state index contributed by atoms with van der Waals surface area (Å²) >= 11 is 1.45. The van der Waals surface area contributed by atoms with Gasteiger partial charge in [-0.2, -0.15) is 0 Å². The number of aromatic nitrogens is 1. The minimum Gasteiger partial charge on any atom is -0.392 e. The summed E-state index contributed by atoms with van der Waals surface area (Å²) in [5, 5.41) is 13.8. The van der Waals surface area contributed by atoms with E-state index in [1.165, 1.54) is 16.9 Å². The number of hydrogen-bond donors (Lipinski definition) is 2. The maximum Gasteiger partial charge on any atom is 0.266 e. The molecule has 0 amide bonds. The van der Waals surface area contributed by atoms with Gasteiger partial charge in [0.25, 0.3) is 5.56 Å². The number of aromatic amines is 1. The summed E-state index contributed by atoms with van der Waals surface area (Å²) in [6.07, 6.45) is 1.10. The first-order chi connectivity index (χ1) is 12.6. The van der Waals surface area contributed by atoms with E-state index in [0.717, 1.165) is 44.1 Å². The third-order valence-electron chi connectivity index (χ3n) is 5.23. The Labute approximate surface area is 155 Å². The van der Waals surface area contributed by atoms with E-state index in [1.807, 2.05) is 23.6 Å². The molecule has 26 heavy (non-hydrogen) atoms. The van der Waals surface area contributed by atoms with Crippen molar-refractivity contribution >= 4 is 32.3 Å². The lowest BCUT2D eigenvalue weighted by Crippen LogP contribution is -2.05. The van der Waals surface area contributed by atoms with E-state index in [1.54, 1.807) is 0 Å². The monoisotopic (exact) mass is 363 g/mol. The molecule has 2 aromatic carbocycles. The molecule has 0 radical (unpaired) electrons. The zero-order chi connectivity index (χ0) is 18.3. The fourth-order valence-electron chi connectivity index (χ4n) is 3.57. The summed E-state index contributed by atoms with van der Waals surface area (Å²) in [5.41, 5.74) is 4.99. The molecule has 4 rings (SSSR count). The van der Waals surface area contributed by atoms with Crippen molar-refractivity contribution in [1.29, 1.82) is 0 Å². The number of hydrogen-bond acceptors (Lipinski definition) is 3. The molecule has 2 N–H and O–H groups in total. The number of pyridine rings is 1. The summed E-state index contributed by atoms with van der Waals surface area (Å²) in [6, 6.07) is 14.4. The zero-order valence-electron chi connectivity index (χ0n) is 14.9. The Balaban J connectivity index is 2.04. The molecule has 2 heterocycles. The van der Waals surface area contributed by atoms with Gasteiger partial charge in [0, 0.05) is 16.3 Å². The standard InChI is InChI=1S/C22H21NO2S/c1-3-13(2)14-4-6-15(7-5-14)19-16(12-24)8-9-18-20(19)17-10-11-26-21(17)22(25)23-18/h4-11,13,24H,3,12H2,1-2H3,(H,23,25)/t13-/m1/s1. The Kier molecular flexibility index (Phi) is 4.39. The highest BCUT2D eigenvalue weighted by Gasteiger charge is 2.15. The number of H-pyrrole nitrogens is 1. The second kappa shape index (κ2) is 6.71. The van der Waals surface area contributed by atoms with E-state index >= 15 is 0 Å². The molecule has 0 aliphatic heterocycles. The fourth-order valence-corrected chi connectivity index (χ4v) is 4.36. The number of fused-ring (bicyclic) bond motifs is 3. The largest absolute Gasteiger partial charge is 0.392 e. The average molecular weight is 363 g/mol. The molecule has 1 atom stereocenters. The van der Waals surface area contributed by atoms with Gasteiger partial charge in [0.2, 0.25) is 0 Å². The van der Waals surface area contributed by atoms with Gasteiger partial charge in [-0.3, -0.25) is 4.79 Å². The summed E-state index contributed by atoms with van der Waals surface area (Å²) in [7, 11) is 0. The summed E-state index contributed by atoms with van der Waals surface area (Å²) in [6.45, 7) is 4.38. The van der Waals surface area contributed by atoms with Gasteiger partial charge in [0.15, 0.2) is 0 Å². The molecule has 4 heteroatoms. The van der Waals surface area contributed by atoms with Crippen LogP contribution in [-0.2, 0) is 6.61 Å². The minimum atomic E-state index is -0.0580. The predicted octanol–water partition coefficient (Wildman–Crippen LogP) is 5.42. The first-order valence-electron chi connectivity index (χ1n) is 8.90. The highest BCUT2D eigenvalue weighted by Crippen LogP contribution is 2.37. The van der Waals surface area contributed by atoms with Crippen LogP contribution in [-0.4, -0.2) is 10.1 Å². The lowest BCUT2D eigenvalue weighted by molar-refractivity contribution is 0.282. The Bertz CT molecular complexity index is 1140. The van der Waals surface area contributed by atoms with Gasteiger partial charge in [-0.05, 0) is 52.1 Å². The number of rotatable bonds is 4. The second-order valence-corrected chi connectivity index (χ2v) is 7.65. The van der Waals surface area contributed by atoms with Crippen LogP contribution in [0.15, 0.2) is 52.6 Å². The molecule has 0 bridgehead atoms. The highest BCUT2D eigenvalue weighted by atomic mass is 32.1. The van der Waals surface area contributed by atoms with Crippen molar-refractivity contribution < 1.29 is 5.11 Å². The van der Waals surface area contributed by atoms with Crippen LogP contribution >= 0.6 is 11.3 Å². The molecule has 0 saturated heterocycles. The van der Waals surface area contributed by atoms with Crippen LogP contribution in [0.25, 0.3) is 32.1 Å². The maximum atomic E-state index is 12.3. The molecule has 4 aromatic rings. The van der Waals surface area contributed by atoms with Crippen molar-refractivity contribution in [3.63, 3.8) is 0 Å². The normalized spacial score (nSPS) is 12.7. The Hall–Kier alpha value is -2.43. The minimum absolute atomic E-state index is 0.0385. The van der Waals surface area contributed by atoms with Gasteiger partial charge in [-0.25, -0.2) is 0 Å². The van der Waals surface area contributed by atoms with E-state index in [4.69, 9.17) is 0 Å². The molecule has 0 unspecified atom stereocenters. The number of thiophene rings is 1. The molecular formula is C22H21NO2S. The quantitative estimate of drug-likeness (QED) is 0.509. The van der Waals surface area contributed by atoms with E-state index < -0.39 is 0 Å². The first kappa shape index (κ1) is 17.0. The molecule has 0 aliphatic carbocycles. The van der Waals surface area contributed by atoms with Crippen molar-refractivity contribution in [2.45, 2.75) is 32.8 Å². The van der Waals surface area contributed by atoms with Crippen LogP contribution in [0.1, 0.15) is 37.3 Å². The molecule has 132 valence electrons. The SMILES string of the molecule is CC[C@@H](C)c1ccc(-c2c(CO)ccc3[nH]c(=O)c4sccc4c23)cc1. The van der Waals surface area contributed by atoms with Crippen LogP contribution in [0.4, 0.5) is 0 Å². The van der Waals surface area contributed by atoms with Gasteiger partial charge in [0.05, 0.1) is 6.61 Å². The molecule has 0 saturated carbocycles. The Morgan fingerprint density at radius 2 is 1.88 bits per heavy atom. The zero-order valence-corrected chi connectivity index (χ0v) is 15.7. The van der Waals surface area contributed by atoms with E-state index in [-0.39, 0.29) is 12.2 Å². The van der Waals surface area contributed by atoms with Crippen LogP contribution in [0, 0.1) is 0 Å². The molecule has 0 spiro atoms. The van der Waals surface area contributed by atoms with Crippen LogP contribution < -0.4 is 5.56 Å². The molecule has 0 fully saturated rings. The highest BCUT2D eigenvalue weighted by molar-refractivity contribution is 7.17. The lowest BCUT2D eigenvalue weighted by Gasteiger charge is -2.15. The number of benzene rings is 2. The summed E-state index contributed by atoms with van der Waals surface area (Å²) < 4.78 is 0.727. The molecule has 3 nitrogen and oxygen atoms in total. The Morgan fingerprint density at radius 3 is 2.58 bits per heavy atom. The lowest BCUT2D eigenvalue weighted by atomic mass is 9.91. The van der Waals surface area contributed by atoms with Crippen molar-refractivity contribution in [3.8, 4) is 11.1 Å².